The van der Waals surface area contributed by atoms with Crippen molar-refractivity contribution in [1.82, 2.24) is 5.32 Å². The van der Waals surface area contributed by atoms with Gasteiger partial charge in [-0.3, -0.25) is 4.79 Å². The second kappa shape index (κ2) is 4.51. The van der Waals surface area contributed by atoms with E-state index in [9.17, 15) is 4.79 Å². The van der Waals surface area contributed by atoms with E-state index >= 15 is 0 Å². The Balaban J connectivity index is 1.76. The summed E-state index contributed by atoms with van der Waals surface area (Å²) >= 11 is 0. The Labute approximate surface area is 109 Å². The van der Waals surface area contributed by atoms with Gasteiger partial charge in [0.1, 0.15) is 0 Å². The quantitative estimate of drug-likeness (QED) is 0.826. The minimum atomic E-state index is 0.216. The lowest BCUT2D eigenvalue weighted by molar-refractivity contribution is 0.0901. The lowest BCUT2D eigenvalue weighted by Gasteiger charge is -2.19. The molecule has 3 unspecified atom stereocenters. The zero-order valence-corrected chi connectivity index (χ0v) is 11.1. The standard InChI is InChI=1S/C16H21NO/c1-10(2)11-3-5-12(6-4-11)16(18)14-9-13-7-8-15(14)17-13/h3-6,10,13-15,17H,7-9H2,1-2H3. The largest absolute Gasteiger partial charge is 0.310 e. The molecule has 0 radical (unpaired) electrons. The molecule has 2 fully saturated rings. The molecule has 3 atom stereocenters. The van der Waals surface area contributed by atoms with Crippen molar-refractivity contribution in [3.8, 4) is 0 Å². The highest BCUT2D eigenvalue weighted by atomic mass is 16.1. The maximum absolute atomic E-state index is 12.5. The van der Waals surface area contributed by atoms with Crippen LogP contribution in [0.25, 0.3) is 0 Å². The lowest BCUT2D eigenvalue weighted by atomic mass is 9.83. The monoisotopic (exact) mass is 243 g/mol. The van der Waals surface area contributed by atoms with Crippen molar-refractivity contribution in [2.75, 3.05) is 0 Å². The fraction of sp³-hybridized carbons (Fsp3) is 0.562. The molecule has 0 aliphatic carbocycles. The van der Waals surface area contributed by atoms with Gasteiger partial charge in [-0.2, -0.15) is 0 Å². The summed E-state index contributed by atoms with van der Waals surface area (Å²) in [5.41, 5.74) is 2.19. The van der Waals surface area contributed by atoms with Crippen LogP contribution in [0, 0.1) is 5.92 Å². The van der Waals surface area contributed by atoms with Crippen LogP contribution < -0.4 is 5.32 Å². The van der Waals surface area contributed by atoms with Crippen molar-refractivity contribution in [3.05, 3.63) is 35.4 Å². The number of fused-ring (bicyclic) bond motifs is 2. The summed E-state index contributed by atoms with van der Waals surface area (Å²) in [5, 5.41) is 3.54. The van der Waals surface area contributed by atoms with E-state index in [-0.39, 0.29) is 5.92 Å². The summed E-state index contributed by atoms with van der Waals surface area (Å²) in [6.07, 6.45) is 3.46. The molecule has 0 aromatic heterocycles. The minimum Gasteiger partial charge on any atom is -0.310 e. The van der Waals surface area contributed by atoms with Crippen molar-refractivity contribution in [2.45, 2.75) is 51.1 Å². The number of benzene rings is 1. The molecule has 2 nitrogen and oxygen atoms in total. The Morgan fingerprint density at radius 2 is 1.94 bits per heavy atom. The number of hydrogen-bond acceptors (Lipinski definition) is 2. The molecule has 2 saturated heterocycles. The molecule has 0 amide bonds. The number of hydrogen-bond donors (Lipinski definition) is 1. The summed E-state index contributed by atoms with van der Waals surface area (Å²) in [7, 11) is 0. The van der Waals surface area contributed by atoms with E-state index in [4.69, 9.17) is 0 Å². The van der Waals surface area contributed by atoms with Gasteiger partial charge in [-0.1, -0.05) is 38.1 Å². The second-order valence-corrected chi connectivity index (χ2v) is 6.03. The van der Waals surface area contributed by atoms with Crippen molar-refractivity contribution >= 4 is 5.78 Å². The number of carbonyl (C=O) groups is 1. The highest BCUT2D eigenvalue weighted by molar-refractivity contribution is 5.98. The van der Waals surface area contributed by atoms with E-state index < -0.39 is 0 Å². The predicted octanol–water partition coefficient (Wildman–Crippen LogP) is 3.13. The molecule has 2 heterocycles. The zero-order chi connectivity index (χ0) is 12.7. The van der Waals surface area contributed by atoms with E-state index in [1.54, 1.807) is 0 Å². The SMILES string of the molecule is CC(C)c1ccc(C(=O)C2CC3CCC2N3)cc1. The average molecular weight is 243 g/mol. The van der Waals surface area contributed by atoms with Gasteiger partial charge >= 0.3 is 0 Å². The van der Waals surface area contributed by atoms with Crippen LogP contribution in [-0.4, -0.2) is 17.9 Å². The van der Waals surface area contributed by atoms with E-state index in [2.05, 4.69) is 31.3 Å². The van der Waals surface area contributed by atoms with Gasteiger partial charge in [0.25, 0.3) is 0 Å². The van der Waals surface area contributed by atoms with Crippen molar-refractivity contribution < 1.29 is 4.79 Å². The van der Waals surface area contributed by atoms with Gasteiger partial charge in [-0.25, -0.2) is 0 Å². The van der Waals surface area contributed by atoms with Crippen LogP contribution in [-0.2, 0) is 0 Å². The van der Waals surface area contributed by atoms with Crippen molar-refractivity contribution in [1.29, 1.82) is 0 Å². The van der Waals surface area contributed by atoms with Crippen LogP contribution in [0.3, 0.4) is 0 Å². The molecule has 18 heavy (non-hydrogen) atoms. The average Bonchev–Trinajstić information content (AvgIpc) is 3.00. The van der Waals surface area contributed by atoms with Crippen LogP contribution >= 0.6 is 0 Å². The first-order valence-corrected chi connectivity index (χ1v) is 7.05. The van der Waals surface area contributed by atoms with Crippen LogP contribution in [0.2, 0.25) is 0 Å². The topological polar surface area (TPSA) is 29.1 Å². The highest BCUT2D eigenvalue weighted by Crippen LogP contribution is 2.35. The first-order valence-electron chi connectivity index (χ1n) is 7.05. The van der Waals surface area contributed by atoms with Crippen LogP contribution in [0.1, 0.15) is 54.9 Å². The summed E-state index contributed by atoms with van der Waals surface area (Å²) < 4.78 is 0. The summed E-state index contributed by atoms with van der Waals surface area (Å²) in [6.45, 7) is 4.35. The number of carbonyl (C=O) groups excluding carboxylic acids is 1. The van der Waals surface area contributed by atoms with Crippen molar-refractivity contribution in [2.24, 2.45) is 5.92 Å². The van der Waals surface area contributed by atoms with Gasteiger partial charge in [0.05, 0.1) is 0 Å². The van der Waals surface area contributed by atoms with Crippen molar-refractivity contribution in [3.63, 3.8) is 0 Å². The van der Waals surface area contributed by atoms with Gasteiger partial charge in [0, 0.05) is 23.6 Å². The molecule has 1 aromatic carbocycles. The molecule has 1 aromatic rings. The van der Waals surface area contributed by atoms with Gasteiger partial charge < -0.3 is 5.32 Å². The van der Waals surface area contributed by atoms with Gasteiger partial charge in [-0.15, -0.1) is 0 Å². The Kier molecular flexibility index (Phi) is 2.98. The fourth-order valence-corrected chi connectivity index (χ4v) is 3.36. The normalized spacial score (nSPS) is 30.1. The first kappa shape index (κ1) is 11.9. The highest BCUT2D eigenvalue weighted by Gasteiger charge is 2.42. The fourth-order valence-electron chi connectivity index (χ4n) is 3.36. The van der Waals surface area contributed by atoms with E-state index in [1.807, 2.05) is 12.1 Å². The summed E-state index contributed by atoms with van der Waals surface area (Å²) in [6, 6.07) is 9.23. The molecule has 3 rings (SSSR count). The molecule has 96 valence electrons. The summed E-state index contributed by atoms with van der Waals surface area (Å²) in [5.74, 6) is 1.08. The maximum atomic E-state index is 12.5. The number of rotatable bonds is 3. The van der Waals surface area contributed by atoms with E-state index in [1.165, 1.54) is 18.4 Å². The molecule has 2 heteroatoms. The maximum Gasteiger partial charge on any atom is 0.167 e. The van der Waals surface area contributed by atoms with Gasteiger partial charge in [0.15, 0.2) is 5.78 Å². The molecular formula is C16H21NO. The summed E-state index contributed by atoms with van der Waals surface area (Å²) in [4.78, 5) is 12.5. The smallest absolute Gasteiger partial charge is 0.167 e. The third-order valence-corrected chi connectivity index (χ3v) is 4.50. The van der Waals surface area contributed by atoms with Crippen LogP contribution in [0.5, 0.6) is 0 Å². The third kappa shape index (κ3) is 1.99. The minimum absolute atomic E-state index is 0.216. The van der Waals surface area contributed by atoms with E-state index in [0.29, 0.717) is 23.8 Å². The Bertz CT molecular complexity index is 449. The second-order valence-electron chi connectivity index (χ2n) is 6.03. The Morgan fingerprint density at radius 1 is 1.22 bits per heavy atom. The molecule has 1 N–H and O–H groups in total. The number of ketones is 1. The predicted molar refractivity (Wildman–Crippen MR) is 72.9 cm³/mol. The lowest BCUT2D eigenvalue weighted by Crippen LogP contribution is -2.28. The molecule has 2 bridgehead atoms. The molecule has 2 aliphatic rings. The number of Topliss-reactive ketones (excluding diaryl/α,β-unsaturated/α-hetero) is 1. The number of nitrogens with one attached hydrogen (secondary N) is 1. The van der Waals surface area contributed by atoms with Crippen LogP contribution in [0.15, 0.2) is 24.3 Å². The molecular weight excluding hydrogens is 222 g/mol. The zero-order valence-electron chi connectivity index (χ0n) is 11.1. The third-order valence-electron chi connectivity index (χ3n) is 4.50. The van der Waals surface area contributed by atoms with Crippen LogP contribution in [0.4, 0.5) is 0 Å². The first-order chi connectivity index (χ1) is 8.65. The molecule has 0 saturated carbocycles. The molecule has 0 spiro atoms. The Hall–Kier alpha value is -1.15. The molecule has 2 aliphatic heterocycles. The Morgan fingerprint density at radius 3 is 2.44 bits per heavy atom. The van der Waals surface area contributed by atoms with E-state index in [0.717, 1.165) is 12.0 Å². The van der Waals surface area contributed by atoms with Gasteiger partial charge in [0.2, 0.25) is 0 Å². The van der Waals surface area contributed by atoms with Gasteiger partial charge in [-0.05, 0) is 30.7 Å².